The Morgan fingerprint density at radius 3 is 2.33 bits per heavy atom. The Balaban J connectivity index is 1.52. The summed E-state index contributed by atoms with van der Waals surface area (Å²) >= 11 is 0. The normalized spacial score (nSPS) is 10.4. The second-order valence-corrected chi connectivity index (χ2v) is 6.45. The Hall–Kier alpha value is -3.21. The summed E-state index contributed by atoms with van der Waals surface area (Å²) in [5.74, 6) is 0.558. The van der Waals surface area contributed by atoms with Crippen LogP contribution in [0.25, 0.3) is 0 Å². The third-order valence-electron chi connectivity index (χ3n) is 4.29. The first-order chi connectivity index (χ1) is 13.2. The van der Waals surface area contributed by atoms with E-state index in [0.717, 1.165) is 24.9 Å². The van der Waals surface area contributed by atoms with E-state index < -0.39 is 0 Å². The second-order valence-electron chi connectivity index (χ2n) is 6.45. The van der Waals surface area contributed by atoms with Crippen molar-refractivity contribution in [2.45, 2.75) is 19.4 Å². The van der Waals surface area contributed by atoms with Crippen molar-refractivity contribution in [3.8, 4) is 0 Å². The number of nitrogens with one attached hydrogen (secondary N) is 1. The molecule has 2 aromatic carbocycles. The van der Waals surface area contributed by atoms with E-state index in [-0.39, 0.29) is 5.91 Å². The van der Waals surface area contributed by atoms with Gasteiger partial charge in [-0.3, -0.25) is 4.79 Å². The average Bonchev–Trinajstić information content (AvgIpc) is 2.72. The summed E-state index contributed by atoms with van der Waals surface area (Å²) in [7, 11) is 1.78. The van der Waals surface area contributed by atoms with Crippen molar-refractivity contribution in [1.82, 2.24) is 14.9 Å². The minimum Gasteiger partial charge on any atom is -0.370 e. The number of hydrogen-bond donors (Lipinski definition) is 1. The van der Waals surface area contributed by atoms with E-state index >= 15 is 0 Å². The van der Waals surface area contributed by atoms with E-state index in [1.807, 2.05) is 36.4 Å². The van der Waals surface area contributed by atoms with Gasteiger partial charge in [-0.05, 0) is 24.0 Å². The lowest BCUT2D eigenvalue weighted by Gasteiger charge is -2.17. The Bertz CT molecular complexity index is 852. The fraction of sp³-hybridized carbons (Fsp3) is 0.227. The van der Waals surface area contributed by atoms with E-state index in [4.69, 9.17) is 0 Å². The van der Waals surface area contributed by atoms with Crippen molar-refractivity contribution in [3.05, 3.63) is 89.9 Å². The highest BCUT2D eigenvalue weighted by Crippen LogP contribution is 2.10. The van der Waals surface area contributed by atoms with Crippen molar-refractivity contribution < 1.29 is 4.79 Å². The van der Waals surface area contributed by atoms with Gasteiger partial charge < -0.3 is 10.2 Å². The fourth-order valence-corrected chi connectivity index (χ4v) is 2.85. The van der Waals surface area contributed by atoms with E-state index in [0.29, 0.717) is 18.1 Å². The van der Waals surface area contributed by atoms with Crippen LogP contribution in [0.2, 0.25) is 0 Å². The molecule has 0 fully saturated rings. The Kier molecular flexibility index (Phi) is 6.52. The molecular weight excluding hydrogens is 336 g/mol. The molecule has 0 bridgehead atoms. The molecule has 1 aromatic heterocycles. The Morgan fingerprint density at radius 1 is 0.963 bits per heavy atom. The topological polar surface area (TPSA) is 58.1 Å². The summed E-state index contributed by atoms with van der Waals surface area (Å²) < 4.78 is 0. The Labute approximate surface area is 160 Å². The van der Waals surface area contributed by atoms with Crippen LogP contribution in [0.1, 0.15) is 28.0 Å². The molecule has 27 heavy (non-hydrogen) atoms. The number of anilines is 1. The first kappa shape index (κ1) is 18.6. The highest BCUT2D eigenvalue weighted by molar-refractivity contribution is 5.92. The monoisotopic (exact) mass is 360 g/mol. The molecule has 0 atom stereocenters. The van der Waals surface area contributed by atoms with E-state index in [9.17, 15) is 4.79 Å². The van der Waals surface area contributed by atoms with Gasteiger partial charge in [-0.2, -0.15) is 0 Å². The molecule has 0 radical (unpaired) electrons. The summed E-state index contributed by atoms with van der Waals surface area (Å²) in [5.41, 5.74) is 2.80. The number of rotatable bonds is 8. The molecule has 0 aliphatic rings. The zero-order chi connectivity index (χ0) is 18.9. The molecule has 0 unspecified atom stereocenters. The van der Waals surface area contributed by atoms with Crippen LogP contribution in [0.3, 0.4) is 0 Å². The predicted octanol–water partition coefficient (Wildman–Crippen LogP) is 3.79. The van der Waals surface area contributed by atoms with Crippen molar-refractivity contribution in [2.75, 3.05) is 18.9 Å². The molecule has 0 aliphatic carbocycles. The van der Waals surface area contributed by atoms with Crippen LogP contribution in [0.15, 0.2) is 73.1 Å². The number of amides is 1. The van der Waals surface area contributed by atoms with E-state index in [2.05, 4.69) is 39.6 Å². The molecule has 1 heterocycles. The maximum absolute atomic E-state index is 12.6. The molecule has 3 aromatic rings. The number of carbonyl (C=O) groups excluding carboxylic acids is 1. The molecule has 5 heteroatoms. The highest BCUT2D eigenvalue weighted by Gasteiger charge is 2.14. The number of aryl methyl sites for hydroxylation is 1. The fourth-order valence-electron chi connectivity index (χ4n) is 2.85. The van der Waals surface area contributed by atoms with Crippen molar-refractivity contribution in [2.24, 2.45) is 0 Å². The molecule has 3 rings (SSSR count). The first-order valence-corrected chi connectivity index (χ1v) is 9.11. The summed E-state index contributed by atoms with van der Waals surface area (Å²) in [6, 6.07) is 22.0. The minimum absolute atomic E-state index is 0.117. The lowest BCUT2D eigenvalue weighted by molar-refractivity contribution is 0.0779. The molecule has 5 nitrogen and oxygen atoms in total. The number of aromatic nitrogens is 2. The molecule has 138 valence electrons. The highest BCUT2D eigenvalue weighted by atomic mass is 16.2. The molecule has 0 spiro atoms. The van der Waals surface area contributed by atoms with Crippen molar-refractivity contribution in [1.29, 1.82) is 0 Å². The van der Waals surface area contributed by atoms with Crippen LogP contribution in [0.5, 0.6) is 0 Å². The van der Waals surface area contributed by atoms with Crippen LogP contribution in [-0.2, 0) is 13.0 Å². The summed E-state index contributed by atoms with van der Waals surface area (Å²) in [4.78, 5) is 22.6. The van der Waals surface area contributed by atoms with Gasteiger partial charge in [0, 0.05) is 26.2 Å². The van der Waals surface area contributed by atoms with Gasteiger partial charge in [0.15, 0.2) is 0 Å². The molecule has 0 aliphatic heterocycles. The lowest BCUT2D eigenvalue weighted by Crippen LogP contribution is -2.27. The molecular formula is C22H24N4O. The van der Waals surface area contributed by atoms with E-state index in [1.54, 1.807) is 18.0 Å². The average molecular weight is 360 g/mol. The van der Waals surface area contributed by atoms with Gasteiger partial charge in [-0.15, -0.1) is 0 Å². The number of hydrogen-bond acceptors (Lipinski definition) is 4. The predicted molar refractivity (Wildman–Crippen MR) is 108 cm³/mol. The Morgan fingerprint density at radius 2 is 1.63 bits per heavy atom. The van der Waals surface area contributed by atoms with E-state index in [1.165, 1.54) is 11.9 Å². The smallest absolute Gasteiger partial charge is 0.272 e. The van der Waals surface area contributed by atoms with Gasteiger partial charge in [-0.1, -0.05) is 60.7 Å². The second kappa shape index (κ2) is 9.48. The van der Waals surface area contributed by atoms with Gasteiger partial charge in [0.1, 0.15) is 17.8 Å². The maximum Gasteiger partial charge on any atom is 0.272 e. The largest absolute Gasteiger partial charge is 0.370 e. The molecule has 0 saturated carbocycles. The van der Waals surface area contributed by atoms with Crippen molar-refractivity contribution >= 4 is 11.7 Å². The number of benzene rings is 2. The molecule has 1 amide bonds. The zero-order valence-corrected chi connectivity index (χ0v) is 15.5. The van der Waals surface area contributed by atoms with Crippen LogP contribution in [0.4, 0.5) is 5.82 Å². The third kappa shape index (κ3) is 5.64. The summed E-state index contributed by atoms with van der Waals surface area (Å²) in [6.45, 7) is 1.34. The first-order valence-electron chi connectivity index (χ1n) is 9.11. The van der Waals surface area contributed by atoms with Gasteiger partial charge in [0.05, 0.1) is 0 Å². The van der Waals surface area contributed by atoms with Crippen molar-refractivity contribution in [3.63, 3.8) is 0 Å². The van der Waals surface area contributed by atoms with Gasteiger partial charge >= 0.3 is 0 Å². The standard InChI is InChI=1S/C22H24N4O/c1-26(16-19-11-6-3-7-12-19)22(27)20-15-21(25-17-24-20)23-14-8-13-18-9-4-2-5-10-18/h2-7,9-12,15,17H,8,13-14,16H2,1H3,(H,23,24,25). The quantitative estimate of drug-likeness (QED) is 0.621. The van der Waals surface area contributed by atoms with Gasteiger partial charge in [-0.25, -0.2) is 9.97 Å². The minimum atomic E-state index is -0.117. The molecule has 0 saturated heterocycles. The molecule has 1 N–H and O–H groups in total. The van der Waals surface area contributed by atoms with Crippen LogP contribution >= 0.6 is 0 Å². The zero-order valence-electron chi connectivity index (χ0n) is 15.5. The third-order valence-corrected chi connectivity index (χ3v) is 4.29. The maximum atomic E-state index is 12.6. The number of nitrogens with zero attached hydrogens (tertiary/aromatic N) is 3. The SMILES string of the molecule is CN(Cc1ccccc1)C(=O)c1cc(NCCCc2ccccc2)ncn1. The van der Waals surface area contributed by atoms with Crippen LogP contribution < -0.4 is 5.32 Å². The van der Waals surface area contributed by atoms with Gasteiger partial charge in [0.2, 0.25) is 0 Å². The van der Waals surface area contributed by atoms with Gasteiger partial charge in [0.25, 0.3) is 5.91 Å². The number of carbonyl (C=O) groups is 1. The lowest BCUT2D eigenvalue weighted by atomic mass is 10.1. The summed E-state index contributed by atoms with van der Waals surface area (Å²) in [6.07, 6.45) is 3.43. The van der Waals surface area contributed by atoms with Crippen LogP contribution in [-0.4, -0.2) is 34.4 Å². The summed E-state index contributed by atoms with van der Waals surface area (Å²) in [5, 5.41) is 3.28. The van der Waals surface area contributed by atoms with Crippen LogP contribution in [0, 0.1) is 0 Å².